The number of nitrogens with one attached hydrogen (secondary N) is 3. The highest BCUT2D eigenvalue weighted by atomic mass is 79.9. The number of aryl methyl sites for hydroxylation is 1. The zero-order valence-electron chi connectivity index (χ0n) is 19.6. The van der Waals surface area contributed by atoms with E-state index < -0.39 is 0 Å². The molecule has 10 nitrogen and oxygen atoms in total. The molecule has 0 bridgehead atoms. The maximum Gasteiger partial charge on any atom is 0.317 e. The van der Waals surface area contributed by atoms with Crippen molar-refractivity contribution < 1.29 is 14.3 Å². The standard InChI is InChI=1S/C23H28BrN7O3S/c1-13(2)27-23(32)30-6-3-4-14(10-30)5-7-31-11-26-20(25)19-21(31)29-22(28-19)35-18-9-17-16(8-15(18)24)33-12-34-17/h8-9,11,13-14,25H,3-7,10,12H2,1-2H3,(H,27,32)(H,28,29). The van der Waals surface area contributed by atoms with Gasteiger partial charge in [-0.25, -0.2) is 14.8 Å². The van der Waals surface area contributed by atoms with Gasteiger partial charge < -0.3 is 29.2 Å². The van der Waals surface area contributed by atoms with Gasteiger partial charge in [-0.05, 0) is 67.1 Å². The van der Waals surface area contributed by atoms with E-state index in [0.717, 1.165) is 48.3 Å². The molecule has 2 amide bonds. The number of amides is 2. The molecule has 1 atom stereocenters. The number of H-pyrrole nitrogens is 1. The van der Waals surface area contributed by atoms with E-state index in [0.29, 0.717) is 33.7 Å². The molecule has 2 aromatic heterocycles. The summed E-state index contributed by atoms with van der Waals surface area (Å²) in [6.45, 7) is 6.45. The molecule has 3 aromatic rings. The van der Waals surface area contributed by atoms with Crippen LogP contribution in [-0.2, 0) is 6.54 Å². The van der Waals surface area contributed by atoms with Gasteiger partial charge in [0.1, 0.15) is 5.52 Å². The van der Waals surface area contributed by atoms with Crippen molar-refractivity contribution in [2.24, 2.45) is 5.92 Å². The van der Waals surface area contributed by atoms with Crippen LogP contribution in [0, 0.1) is 11.3 Å². The van der Waals surface area contributed by atoms with Crippen LogP contribution in [-0.4, -0.2) is 56.4 Å². The lowest BCUT2D eigenvalue weighted by molar-refractivity contribution is 0.159. The van der Waals surface area contributed by atoms with Crippen molar-refractivity contribution in [1.29, 1.82) is 5.41 Å². The van der Waals surface area contributed by atoms with Gasteiger partial charge in [0.05, 0.1) is 6.33 Å². The van der Waals surface area contributed by atoms with E-state index in [1.54, 1.807) is 6.33 Å². The summed E-state index contributed by atoms with van der Waals surface area (Å²) in [7, 11) is 0. The van der Waals surface area contributed by atoms with E-state index in [1.165, 1.54) is 11.8 Å². The number of fused-ring (bicyclic) bond motifs is 2. The molecule has 0 saturated carbocycles. The molecule has 5 rings (SSSR count). The predicted molar refractivity (Wildman–Crippen MR) is 135 cm³/mol. The Labute approximate surface area is 215 Å². The Bertz CT molecular complexity index is 1310. The van der Waals surface area contributed by atoms with Crippen molar-refractivity contribution in [3.8, 4) is 11.5 Å². The topological polar surface area (TPSA) is 121 Å². The first kappa shape index (κ1) is 24.0. The van der Waals surface area contributed by atoms with Crippen molar-refractivity contribution in [2.45, 2.75) is 55.7 Å². The maximum absolute atomic E-state index is 12.4. The zero-order chi connectivity index (χ0) is 24.5. The van der Waals surface area contributed by atoms with Gasteiger partial charge in [0.25, 0.3) is 0 Å². The largest absolute Gasteiger partial charge is 0.454 e. The Morgan fingerprint density at radius 3 is 2.97 bits per heavy atom. The van der Waals surface area contributed by atoms with Gasteiger partial charge in [0.2, 0.25) is 6.79 Å². The molecule has 1 aromatic carbocycles. The molecule has 0 radical (unpaired) electrons. The Morgan fingerprint density at radius 2 is 2.17 bits per heavy atom. The first-order chi connectivity index (χ1) is 16.9. The zero-order valence-corrected chi connectivity index (χ0v) is 22.0. The molecule has 4 heterocycles. The van der Waals surface area contributed by atoms with E-state index >= 15 is 0 Å². The average molecular weight is 562 g/mol. The molecule has 1 unspecified atom stereocenters. The summed E-state index contributed by atoms with van der Waals surface area (Å²) in [4.78, 5) is 27.6. The van der Waals surface area contributed by atoms with Gasteiger partial charge in [-0.3, -0.25) is 5.41 Å². The van der Waals surface area contributed by atoms with Crippen LogP contribution in [0.5, 0.6) is 11.5 Å². The summed E-state index contributed by atoms with van der Waals surface area (Å²) in [6, 6.07) is 3.96. The molecule has 3 N–H and O–H groups in total. The van der Waals surface area contributed by atoms with Crippen LogP contribution in [0.1, 0.15) is 33.1 Å². The van der Waals surface area contributed by atoms with Gasteiger partial charge in [0, 0.05) is 35.0 Å². The smallest absolute Gasteiger partial charge is 0.317 e. The molecule has 1 saturated heterocycles. The van der Waals surface area contributed by atoms with Crippen LogP contribution in [0.3, 0.4) is 0 Å². The third-order valence-corrected chi connectivity index (χ3v) is 7.99. The van der Waals surface area contributed by atoms with E-state index in [4.69, 9.17) is 19.9 Å². The minimum absolute atomic E-state index is 0.0172. The molecule has 1 fully saturated rings. The minimum atomic E-state index is 0.0172. The van der Waals surface area contributed by atoms with Crippen molar-refractivity contribution >= 4 is 44.9 Å². The number of aromatic amines is 1. The van der Waals surface area contributed by atoms with Crippen molar-refractivity contribution in [1.82, 2.24) is 29.7 Å². The predicted octanol–water partition coefficient (Wildman–Crippen LogP) is 4.10. The third kappa shape index (κ3) is 5.27. The number of rotatable bonds is 6. The number of halogens is 1. The van der Waals surface area contributed by atoms with Crippen LogP contribution in [0.2, 0.25) is 0 Å². The monoisotopic (exact) mass is 561 g/mol. The normalized spacial score (nSPS) is 17.4. The SMILES string of the molecule is CC(C)NC(=O)N1CCCC(CCn2cnc(=N)c3[nH]c(Sc4cc5c(cc4Br)OCO5)nc32)C1. The summed E-state index contributed by atoms with van der Waals surface area (Å²) in [5, 5.41) is 11.9. The first-order valence-corrected chi connectivity index (χ1v) is 13.3. The van der Waals surface area contributed by atoms with Crippen LogP contribution in [0.15, 0.2) is 33.0 Å². The lowest BCUT2D eigenvalue weighted by Crippen LogP contribution is -2.47. The fourth-order valence-corrected chi connectivity index (χ4v) is 5.78. The van der Waals surface area contributed by atoms with E-state index in [-0.39, 0.29) is 24.4 Å². The molecule has 0 aliphatic carbocycles. The highest BCUT2D eigenvalue weighted by Crippen LogP contribution is 2.42. The van der Waals surface area contributed by atoms with Crippen molar-refractivity contribution in [3.63, 3.8) is 0 Å². The summed E-state index contributed by atoms with van der Waals surface area (Å²) in [6.07, 6.45) is 4.70. The third-order valence-electron chi connectivity index (χ3n) is 6.13. The number of aromatic nitrogens is 4. The van der Waals surface area contributed by atoms with Crippen LogP contribution in [0.4, 0.5) is 4.79 Å². The number of ether oxygens (including phenoxy) is 2. The van der Waals surface area contributed by atoms with Crippen molar-refractivity contribution in [3.05, 3.63) is 28.4 Å². The second-order valence-electron chi connectivity index (χ2n) is 9.11. The van der Waals surface area contributed by atoms with Gasteiger partial charge in [-0.1, -0.05) is 11.8 Å². The highest BCUT2D eigenvalue weighted by molar-refractivity contribution is 9.10. The molecule has 0 spiro atoms. The van der Waals surface area contributed by atoms with Crippen LogP contribution in [0.25, 0.3) is 11.2 Å². The van der Waals surface area contributed by atoms with E-state index in [9.17, 15) is 4.79 Å². The molecule has 2 aliphatic rings. The van der Waals surface area contributed by atoms with Crippen LogP contribution >= 0.6 is 27.7 Å². The van der Waals surface area contributed by atoms with Gasteiger partial charge in [-0.2, -0.15) is 0 Å². The molecule has 12 heteroatoms. The van der Waals surface area contributed by atoms with Gasteiger partial charge in [0.15, 0.2) is 27.8 Å². The number of imidazole rings is 1. The number of hydrogen-bond acceptors (Lipinski definition) is 7. The first-order valence-electron chi connectivity index (χ1n) is 11.7. The quantitative estimate of drug-likeness (QED) is 0.416. The second kappa shape index (κ2) is 10.1. The number of benzene rings is 1. The van der Waals surface area contributed by atoms with Crippen LogP contribution < -0.4 is 20.3 Å². The Kier molecular flexibility index (Phi) is 6.92. The second-order valence-corrected chi connectivity index (χ2v) is 11.0. The molecule has 186 valence electrons. The lowest BCUT2D eigenvalue weighted by Gasteiger charge is -2.33. The number of carbonyl (C=O) groups excluding carboxylic acids is 1. The van der Waals surface area contributed by atoms with E-state index in [2.05, 4.69) is 31.2 Å². The highest BCUT2D eigenvalue weighted by Gasteiger charge is 2.24. The Hall–Kier alpha value is -2.73. The Balaban J connectivity index is 1.30. The number of urea groups is 1. The molecular weight excluding hydrogens is 534 g/mol. The number of carbonyl (C=O) groups is 1. The number of likely N-dealkylation sites (tertiary alicyclic amines) is 1. The number of hydrogen-bond donors (Lipinski definition) is 3. The number of nitrogens with zero attached hydrogens (tertiary/aromatic N) is 4. The summed E-state index contributed by atoms with van der Waals surface area (Å²) < 4.78 is 13.8. The fraction of sp³-hybridized carbons (Fsp3) is 0.478. The average Bonchev–Trinajstić information content (AvgIpc) is 3.46. The van der Waals surface area contributed by atoms with E-state index in [1.807, 2.05) is 35.4 Å². The molecule has 35 heavy (non-hydrogen) atoms. The summed E-state index contributed by atoms with van der Waals surface area (Å²) in [5.41, 5.74) is 1.47. The minimum Gasteiger partial charge on any atom is -0.454 e. The molecule has 2 aliphatic heterocycles. The van der Waals surface area contributed by atoms with Gasteiger partial charge >= 0.3 is 6.03 Å². The lowest BCUT2D eigenvalue weighted by atomic mass is 9.95. The summed E-state index contributed by atoms with van der Waals surface area (Å²) >= 11 is 5.05. The van der Waals surface area contributed by atoms with Crippen molar-refractivity contribution in [2.75, 3.05) is 19.9 Å². The summed E-state index contributed by atoms with van der Waals surface area (Å²) in [5.74, 6) is 1.83. The molecular formula is C23H28BrN7O3S. The number of piperidine rings is 1. The fourth-order valence-electron chi connectivity index (χ4n) is 4.40. The van der Waals surface area contributed by atoms with Gasteiger partial charge in [-0.15, -0.1) is 0 Å². The Morgan fingerprint density at radius 1 is 1.37 bits per heavy atom. The maximum atomic E-state index is 12.4.